The Hall–Kier alpha value is -0.410. The number of hydrogen-bond acceptors (Lipinski definition) is 2. The van der Waals surface area contributed by atoms with E-state index in [-0.39, 0.29) is 0 Å². The Labute approximate surface area is 106 Å². The van der Waals surface area contributed by atoms with E-state index >= 15 is 0 Å². The molecule has 2 nitrogen and oxygen atoms in total. The van der Waals surface area contributed by atoms with E-state index in [4.69, 9.17) is 0 Å². The van der Waals surface area contributed by atoms with Crippen molar-refractivity contribution in [3.63, 3.8) is 0 Å². The lowest BCUT2D eigenvalue weighted by Crippen LogP contribution is -2.40. The predicted octanol–water partition coefficient (Wildman–Crippen LogP) is 3.14. The van der Waals surface area contributed by atoms with Crippen molar-refractivity contribution in [2.45, 2.75) is 38.8 Å². The highest BCUT2D eigenvalue weighted by Gasteiger charge is 2.21. The lowest BCUT2D eigenvalue weighted by molar-refractivity contribution is 0.154. The normalized spacial score (nSPS) is 22.2. The molecule has 2 rings (SSSR count). The third-order valence-electron chi connectivity index (χ3n) is 3.40. The Balaban J connectivity index is 2.05. The van der Waals surface area contributed by atoms with Crippen LogP contribution in [-0.4, -0.2) is 27.8 Å². The highest BCUT2D eigenvalue weighted by molar-refractivity contribution is 9.09. The molecule has 0 amide bonds. The summed E-state index contributed by atoms with van der Waals surface area (Å²) in [5, 5.41) is 1.08. The van der Waals surface area contributed by atoms with E-state index in [1.54, 1.807) is 0 Å². The monoisotopic (exact) mass is 282 g/mol. The van der Waals surface area contributed by atoms with Crippen molar-refractivity contribution in [2.75, 3.05) is 11.9 Å². The van der Waals surface area contributed by atoms with Crippen LogP contribution in [0.15, 0.2) is 18.3 Å². The summed E-state index contributed by atoms with van der Waals surface area (Å²) in [6.07, 6.45) is 5.91. The zero-order valence-electron chi connectivity index (χ0n) is 9.82. The molecule has 0 bridgehead atoms. The van der Waals surface area contributed by atoms with Gasteiger partial charge < -0.3 is 0 Å². The molecule has 16 heavy (non-hydrogen) atoms. The number of piperidine rings is 1. The number of halogens is 1. The van der Waals surface area contributed by atoms with Gasteiger partial charge >= 0.3 is 0 Å². The SMILES string of the molecule is Cc1cccnc1CN1CCCCC1CBr. The maximum absolute atomic E-state index is 4.48. The summed E-state index contributed by atoms with van der Waals surface area (Å²) in [6, 6.07) is 4.85. The first-order chi connectivity index (χ1) is 7.81. The fourth-order valence-electron chi connectivity index (χ4n) is 2.32. The number of likely N-dealkylation sites (tertiary alicyclic amines) is 1. The summed E-state index contributed by atoms with van der Waals surface area (Å²) in [6.45, 7) is 4.37. The average molecular weight is 283 g/mol. The summed E-state index contributed by atoms with van der Waals surface area (Å²) in [4.78, 5) is 7.05. The lowest BCUT2D eigenvalue weighted by atomic mass is 10.0. The molecule has 1 aliphatic rings. The van der Waals surface area contributed by atoms with Crippen LogP contribution in [0.4, 0.5) is 0 Å². The van der Waals surface area contributed by atoms with Crippen LogP contribution in [0.3, 0.4) is 0 Å². The first-order valence-electron chi connectivity index (χ1n) is 6.02. The second kappa shape index (κ2) is 5.78. The van der Waals surface area contributed by atoms with Crippen LogP contribution >= 0.6 is 15.9 Å². The quantitative estimate of drug-likeness (QED) is 0.792. The van der Waals surface area contributed by atoms with Gasteiger partial charge in [-0.2, -0.15) is 0 Å². The fourth-order valence-corrected chi connectivity index (χ4v) is 3.05. The van der Waals surface area contributed by atoms with Crippen molar-refractivity contribution >= 4 is 15.9 Å². The zero-order chi connectivity index (χ0) is 11.4. The molecule has 0 spiro atoms. The van der Waals surface area contributed by atoms with E-state index in [1.807, 2.05) is 12.3 Å². The maximum Gasteiger partial charge on any atom is 0.0573 e. The van der Waals surface area contributed by atoms with Crippen LogP contribution in [0.2, 0.25) is 0 Å². The van der Waals surface area contributed by atoms with Gasteiger partial charge in [0, 0.05) is 24.1 Å². The van der Waals surface area contributed by atoms with Gasteiger partial charge in [0.2, 0.25) is 0 Å². The molecule has 88 valence electrons. The van der Waals surface area contributed by atoms with E-state index < -0.39 is 0 Å². The largest absolute Gasteiger partial charge is 0.294 e. The molecule has 1 aliphatic heterocycles. The van der Waals surface area contributed by atoms with Crippen molar-refractivity contribution in [2.24, 2.45) is 0 Å². The maximum atomic E-state index is 4.48. The Morgan fingerprint density at radius 3 is 3.12 bits per heavy atom. The molecular formula is C13H19BrN2. The molecule has 1 atom stereocenters. The lowest BCUT2D eigenvalue weighted by Gasteiger charge is -2.34. The number of nitrogens with zero attached hydrogens (tertiary/aromatic N) is 2. The van der Waals surface area contributed by atoms with Crippen LogP contribution in [0.5, 0.6) is 0 Å². The molecule has 0 radical (unpaired) electrons. The van der Waals surface area contributed by atoms with Crippen molar-refractivity contribution in [3.8, 4) is 0 Å². The van der Waals surface area contributed by atoms with Crippen LogP contribution in [0.1, 0.15) is 30.5 Å². The molecule has 1 fully saturated rings. The molecule has 1 aromatic heterocycles. The van der Waals surface area contributed by atoms with Gasteiger partial charge in [-0.25, -0.2) is 0 Å². The Kier molecular flexibility index (Phi) is 4.36. The second-order valence-corrected chi connectivity index (χ2v) is 5.19. The summed E-state index contributed by atoms with van der Waals surface area (Å²) < 4.78 is 0. The summed E-state index contributed by atoms with van der Waals surface area (Å²) >= 11 is 3.62. The van der Waals surface area contributed by atoms with Crippen molar-refractivity contribution < 1.29 is 0 Å². The van der Waals surface area contributed by atoms with Gasteiger partial charge in [0.15, 0.2) is 0 Å². The van der Waals surface area contributed by atoms with E-state index in [0.29, 0.717) is 6.04 Å². The number of aryl methyl sites for hydroxylation is 1. The molecule has 0 N–H and O–H groups in total. The third kappa shape index (κ3) is 2.83. The molecular weight excluding hydrogens is 264 g/mol. The number of aromatic nitrogens is 1. The Morgan fingerprint density at radius 1 is 1.50 bits per heavy atom. The third-order valence-corrected chi connectivity index (χ3v) is 4.15. The highest BCUT2D eigenvalue weighted by atomic mass is 79.9. The van der Waals surface area contributed by atoms with E-state index in [9.17, 15) is 0 Å². The topological polar surface area (TPSA) is 16.1 Å². The van der Waals surface area contributed by atoms with Crippen LogP contribution < -0.4 is 0 Å². The number of hydrogen-bond donors (Lipinski definition) is 0. The summed E-state index contributed by atoms with van der Waals surface area (Å²) in [7, 11) is 0. The van der Waals surface area contributed by atoms with Crippen molar-refractivity contribution in [1.82, 2.24) is 9.88 Å². The highest BCUT2D eigenvalue weighted by Crippen LogP contribution is 2.21. The van der Waals surface area contributed by atoms with Crippen molar-refractivity contribution in [1.29, 1.82) is 0 Å². The molecule has 2 heterocycles. The van der Waals surface area contributed by atoms with Gasteiger partial charge in [0.25, 0.3) is 0 Å². The summed E-state index contributed by atoms with van der Waals surface area (Å²) in [5.74, 6) is 0. The summed E-state index contributed by atoms with van der Waals surface area (Å²) in [5.41, 5.74) is 2.54. The molecule has 1 unspecified atom stereocenters. The molecule has 0 aliphatic carbocycles. The van der Waals surface area contributed by atoms with Crippen LogP contribution in [0.25, 0.3) is 0 Å². The number of rotatable bonds is 3. The molecule has 1 saturated heterocycles. The van der Waals surface area contributed by atoms with Crippen LogP contribution in [-0.2, 0) is 6.54 Å². The van der Waals surface area contributed by atoms with Gasteiger partial charge in [-0.1, -0.05) is 28.4 Å². The van der Waals surface area contributed by atoms with E-state index in [2.05, 4.69) is 38.8 Å². The minimum atomic E-state index is 0.690. The van der Waals surface area contributed by atoms with E-state index in [0.717, 1.165) is 11.9 Å². The van der Waals surface area contributed by atoms with Gasteiger partial charge in [0.1, 0.15) is 0 Å². The number of pyridine rings is 1. The average Bonchev–Trinajstić information content (AvgIpc) is 2.33. The van der Waals surface area contributed by atoms with Gasteiger partial charge in [-0.15, -0.1) is 0 Å². The zero-order valence-corrected chi connectivity index (χ0v) is 11.4. The molecule has 3 heteroatoms. The van der Waals surface area contributed by atoms with Gasteiger partial charge in [-0.3, -0.25) is 9.88 Å². The molecule has 1 aromatic rings. The van der Waals surface area contributed by atoms with Gasteiger partial charge in [-0.05, 0) is 37.9 Å². The Bertz CT molecular complexity index is 340. The smallest absolute Gasteiger partial charge is 0.0573 e. The minimum Gasteiger partial charge on any atom is -0.294 e. The molecule has 0 aromatic carbocycles. The minimum absolute atomic E-state index is 0.690. The molecule has 0 saturated carbocycles. The van der Waals surface area contributed by atoms with E-state index in [1.165, 1.54) is 37.1 Å². The van der Waals surface area contributed by atoms with Crippen molar-refractivity contribution in [3.05, 3.63) is 29.6 Å². The predicted molar refractivity (Wildman–Crippen MR) is 70.8 cm³/mol. The Morgan fingerprint density at radius 2 is 2.38 bits per heavy atom. The first-order valence-corrected chi connectivity index (χ1v) is 7.14. The fraction of sp³-hybridized carbons (Fsp3) is 0.615. The first kappa shape index (κ1) is 12.1. The standard InChI is InChI=1S/C13H19BrN2/c1-11-5-4-7-15-13(11)10-16-8-3-2-6-12(16)9-14/h4-5,7,12H,2-3,6,8-10H2,1H3. The number of alkyl halides is 1. The van der Waals surface area contributed by atoms with Gasteiger partial charge in [0.05, 0.1) is 5.69 Å². The van der Waals surface area contributed by atoms with Crippen LogP contribution in [0, 0.1) is 6.92 Å². The second-order valence-electron chi connectivity index (χ2n) is 4.54.